The van der Waals surface area contributed by atoms with Crippen LogP contribution in [0.25, 0.3) is 0 Å². The van der Waals surface area contributed by atoms with Crippen LogP contribution in [0.5, 0.6) is 0 Å². The molecule has 23 heavy (non-hydrogen) atoms. The van der Waals surface area contributed by atoms with Crippen molar-refractivity contribution in [1.82, 2.24) is 10.2 Å². The van der Waals surface area contributed by atoms with Crippen LogP contribution >= 0.6 is 23.2 Å². The van der Waals surface area contributed by atoms with E-state index in [1.807, 2.05) is 0 Å². The predicted octanol–water partition coefficient (Wildman–Crippen LogP) is 2.09. The SMILES string of the molecule is O=C(OC[C@@H]1CC1(Cl)Cl)c1ccc(CN2C(=O)CNC2=O)cc1. The molecule has 8 heteroatoms. The van der Waals surface area contributed by atoms with E-state index in [4.69, 9.17) is 27.9 Å². The van der Waals surface area contributed by atoms with Gasteiger partial charge in [-0.1, -0.05) is 12.1 Å². The number of carbonyl (C=O) groups excluding carboxylic acids is 3. The number of hydrogen-bond donors (Lipinski definition) is 1. The minimum atomic E-state index is -0.771. The van der Waals surface area contributed by atoms with Crippen molar-refractivity contribution in [2.75, 3.05) is 13.2 Å². The topological polar surface area (TPSA) is 75.7 Å². The van der Waals surface area contributed by atoms with Gasteiger partial charge in [-0.2, -0.15) is 0 Å². The highest BCUT2D eigenvalue weighted by molar-refractivity contribution is 6.50. The highest BCUT2D eigenvalue weighted by atomic mass is 35.5. The fourth-order valence-electron chi connectivity index (χ4n) is 2.25. The Morgan fingerprint density at radius 3 is 2.48 bits per heavy atom. The van der Waals surface area contributed by atoms with Gasteiger partial charge in [-0.3, -0.25) is 9.69 Å². The second kappa shape index (κ2) is 6.02. The minimum Gasteiger partial charge on any atom is -0.462 e. The summed E-state index contributed by atoms with van der Waals surface area (Å²) in [5.74, 6) is -0.745. The molecule has 1 heterocycles. The molecule has 2 fully saturated rings. The molecular weight excluding hydrogens is 343 g/mol. The van der Waals surface area contributed by atoms with Crippen molar-refractivity contribution in [2.24, 2.45) is 5.92 Å². The molecule has 1 N–H and O–H groups in total. The minimum absolute atomic E-state index is 0.0197. The van der Waals surface area contributed by atoms with Crippen LogP contribution in [0.3, 0.4) is 0 Å². The largest absolute Gasteiger partial charge is 0.462 e. The molecular formula is C15H14Cl2N2O4. The van der Waals surface area contributed by atoms with Crippen LogP contribution in [0.2, 0.25) is 0 Å². The van der Waals surface area contributed by atoms with Crippen molar-refractivity contribution in [3.05, 3.63) is 35.4 Å². The third-order valence-corrected chi connectivity index (χ3v) is 4.76. The summed E-state index contributed by atoms with van der Waals surface area (Å²) in [5.41, 5.74) is 1.14. The maximum atomic E-state index is 11.9. The zero-order valence-electron chi connectivity index (χ0n) is 12.1. The van der Waals surface area contributed by atoms with Crippen LogP contribution in [-0.4, -0.2) is 40.3 Å². The van der Waals surface area contributed by atoms with Crippen LogP contribution in [0.4, 0.5) is 4.79 Å². The molecule has 0 unspecified atom stereocenters. The summed E-state index contributed by atoms with van der Waals surface area (Å²) < 4.78 is 4.39. The van der Waals surface area contributed by atoms with E-state index in [0.29, 0.717) is 12.0 Å². The number of benzene rings is 1. The number of nitrogens with zero attached hydrogens (tertiary/aromatic N) is 1. The van der Waals surface area contributed by atoms with Crippen molar-refractivity contribution >= 4 is 41.1 Å². The van der Waals surface area contributed by atoms with Crippen molar-refractivity contribution in [3.63, 3.8) is 0 Å². The van der Waals surface area contributed by atoms with Gasteiger partial charge in [0.05, 0.1) is 25.3 Å². The molecule has 1 aliphatic heterocycles. The van der Waals surface area contributed by atoms with Gasteiger partial charge >= 0.3 is 12.0 Å². The summed E-state index contributed by atoms with van der Waals surface area (Å²) in [6.45, 7) is 0.381. The van der Waals surface area contributed by atoms with Gasteiger partial charge < -0.3 is 10.1 Å². The van der Waals surface area contributed by atoms with Gasteiger partial charge in [-0.25, -0.2) is 9.59 Å². The summed E-state index contributed by atoms with van der Waals surface area (Å²) in [4.78, 5) is 36.0. The van der Waals surface area contributed by atoms with Crippen molar-refractivity contribution in [1.29, 1.82) is 0 Å². The number of amides is 3. The first-order valence-corrected chi connectivity index (χ1v) is 7.84. The Kier molecular flexibility index (Phi) is 4.21. The first kappa shape index (κ1) is 16.1. The number of alkyl halides is 2. The first-order valence-electron chi connectivity index (χ1n) is 7.09. The van der Waals surface area contributed by atoms with Crippen molar-refractivity contribution in [2.45, 2.75) is 17.3 Å². The monoisotopic (exact) mass is 356 g/mol. The quantitative estimate of drug-likeness (QED) is 0.497. The molecule has 1 aromatic rings. The molecule has 0 spiro atoms. The Labute approximate surface area is 142 Å². The molecule has 122 valence electrons. The Morgan fingerprint density at radius 1 is 1.30 bits per heavy atom. The van der Waals surface area contributed by atoms with E-state index >= 15 is 0 Å². The fraction of sp³-hybridized carbons (Fsp3) is 0.400. The average Bonchev–Trinajstić information content (AvgIpc) is 3.03. The summed E-state index contributed by atoms with van der Waals surface area (Å²) in [6.07, 6.45) is 0.619. The van der Waals surface area contributed by atoms with Gasteiger partial charge in [0.15, 0.2) is 0 Å². The highest BCUT2D eigenvalue weighted by Gasteiger charge is 2.52. The molecule has 0 radical (unpaired) electrons. The van der Waals surface area contributed by atoms with Gasteiger partial charge in [0.2, 0.25) is 5.91 Å². The smallest absolute Gasteiger partial charge is 0.338 e. The maximum Gasteiger partial charge on any atom is 0.338 e. The Morgan fingerprint density at radius 2 is 1.96 bits per heavy atom. The highest BCUT2D eigenvalue weighted by Crippen LogP contribution is 2.53. The number of ether oxygens (including phenoxy) is 1. The lowest BCUT2D eigenvalue weighted by Gasteiger charge is -2.12. The standard InChI is InChI=1S/C15H14Cl2N2O4/c16-15(17)5-11(15)8-23-13(21)10-3-1-9(2-4-10)7-19-12(20)6-18-14(19)22/h1-4,11H,5-8H2,(H,18,22)/t11-/m0/s1. The number of nitrogens with one attached hydrogen (secondary N) is 1. The van der Waals surface area contributed by atoms with E-state index in [1.54, 1.807) is 24.3 Å². The second-order valence-electron chi connectivity index (χ2n) is 5.60. The van der Waals surface area contributed by atoms with E-state index in [9.17, 15) is 14.4 Å². The molecule has 2 aliphatic rings. The lowest BCUT2D eigenvalue weighted by Crippen LogP contribution is -2.30. The van der Waals surface area contributed by atoms with Crippen LogP contribution < -0.4 is 5.32 Å². The van der Waals surface area contributed by atoms with Gasteiger partial charge in [0, 0.05) is 5.92 Å². The zero-order valence-corrected chi connectivity index (χ0v) is 13.6. The number of urea groups is 1. The van der Waals surface area contributed by atoms with Crippen LogP contribution in [0.1, 0.15) is 22.3 Å². The second-order valence-corrected chi connectivity index (χ2v) is 7.14. The van der Waals surface area contributed by atoms with E-state index in [0.717, 1.165) is 10.5 Å². The molecule has 1 aliphatic carbocycles. The van der Waals surface area contributed by atoms with Gasteiger partial charge in [0.1, 0.15) is 4.33 Å². The Bertz CT molecular complexity index is 644. The molecule has 1 atom stereocenters. The third-order valence-electron chi connectivity index (χ3n) is 3.84. The summed E-state index contributed by atoms with van der Waals surface area (Å²) in [6, 6.07) is 6.14. The molecule has 3 amide bonds. The van der Waals surface area contributed by atoms with Gasteiger partial charge in [-0.05, 0) is 24.1 Å². The zero-order chi connectivity index (χ0) is 16.6. The Balaban J connectivity index is 1.55. The van der Waals surface area contributed by atoms with Crippen LogP contribution in [-0.2, 0) is 16.1 Å². The average molecular weight is 357 g/mol. The number of imide groups is 1. The molecule has 0 bridgehead atoms. The number of esters is 1. The summed E-state index contributed by atoms with van der Waals surface area (Å²) in [7, 11) is 0. The van der Waals surface area contributed by atoms with E-state index in [1.165, 1.54) is 0 Å². The number of rotatable bonds is 5. The van der Waals surface area contributed by atoms with E-state index < -0.39 is 16.3 Å². The normalized spacial score (nSPS) is 22.0. The Hall–Kier alpha value is -1.79. The number of carbonyl (C=O) groups is 3. The lowest BCUT2D eigenvalue weighted by atomic mass is 10.1. The van der Waals surface area contributed by atoms with Crippen LogP contribution in [0, 0.1) is 5.92 Å². The first-order chi connectivity index (χ1) is 10.9. The van der Waals surface area contributed by atoms with Crippen LogP contribution in [0.15, 0.2) is 24.3 Å². The third kappa shape index (κ3) is 3.59. The molecule has 1 aromatic carbocycles. The molecule has 1 saturated heterocycles. The molecule has 3 rings (SSSR count). The predicted molar refractivity (Wildman–Crippen MR) is 83.2 cm³/mol. The maximum absolute atomic E-state index is 11.9. The van der Waals surface area contributed by atoms with Gasteiger partial charge in [-0.15, -0.1) is 23.2 Å². The molecule has 6 nitrogen and oxygen atoms in total. The molecule has 0 aromatic heterocycles. The van der Waals surface area contributed by atoms with Crippen molar-refractivity contribution < 1.29 is 19.1 Å². The summed E-state index contributed by atoms with van der Waals surface area (Å²) >= 11 is 11.7. The van der Waals surface area contributed by atoms with Gasteiger partial charge in [0.25, 0.3) is 0 Å². The van der Waals surface area contributed by atoms with Crippen molar-refractivity contribution in [3.8, 4) is 0 Å². The fourth-order valence-corrected chi connectivity index (χ4v) is 2.75. The molecule has 1 saturated carbocycles. The number of hydrogen-bond acceptors (Lipinski definition) is 4. The lowest BCUT2D eigenvalue weighted by molar-refractivity contribution is -0.125. The van der Waals surface area contributed by atoms with E-state index in [-0.39, 0.29) is 31.5 Å². The van der Waals surface area contributed by atoms with E-state index in [2.05, 4.69) is 5.32 Å². The summed E-state index contributed by atoms with van der Waals surface area (Å²) in [5, 5.41) is 2.45. The number of halogens is 2.